The lowest BCUT2D eigenvalue weighted by Gasteiger charge is -2.11. The zero-order valence-corrected chi connectivity index (χ0v) is 13.9. The lowest BCUT2D eigenvalue weighted by atomic mass is 9.99. The summed E-state index contributed by atoms with van der Waals surface area (Å²) in [5.74, 6) is 1.50. The predicted molar refractivity (Wildman–Crippen MR) is 94.9 cm³/mol. The summed E-state index contributed by atoms with van der Waals surface area (Å²) in [4.78, 5) is 8.48. The molecule has 3 N–H and O–H groups in total. The Kier molecular flexibility index (Phi) is 5.97. The quantitative estimate of drug-likeness (QED) is 0.632. The monoisotopic (exact) mass is 312 g/mol. The van der Waals surface area contributed by atoms with Crippen LogP contribution in [0.4, 0.5) is 5.69 Å². The fourth-order valence-corrected chi connectivity index (χ4v) is 2.22. The minimum absolute atomic E-state index is 0.368. The Morgan fingerprint density at radius 1 is 1.30 bits per heavy atom. The molecular weight excluding hydrogens is 288 g/mol. The maximum Gasteiger partial charge on any atom is 0.218 e. The van der Waals surface area contributed by atoms with Crippen molar-refractivity contribution >= 4 is 11.6 Å². The van der Waals surface area contributed by atoms with Crippen LogP contribution in [0.3, 0.4) is 0 Å². The van der Waals surface area contributed by atoms with Gasteiger partial charge in [-0.05, 0) is 36.1 Å². The Hall–Kier alpha value is -2.56. The van der Waals surface area contributed by atoms with Gasteiger partial charge in [0.15, 0.2) is 5.96 Å². The minimum Gasteiger partial charge on any atom is -0.481 e. The zero-order valence-electron chi connectivity index (χ0n) is 13.9. The summed E-state index contributed by atoms with van der Waals surface area (Å²) >= 11 is 0. The summed E-state index contributed by atoms with van der Waals surface area (Å²) in [7, 11) is 1.59. The van der Waals surface area contributed by atoms with Gasteiger partial charge in [0.2, 0.25) is 5.88 Å². The van der Waals surface area contributed by atoms with Crippen molar-refractivity contribution in [3.05, 3.63) is 53.7 Å². The van der Waals surface area contributed by atoms with E-state index in [0.29, 0.717) is 24.3 Å². The third kappa shape index (κ3) is 4.71. The number of pyridine rings is 1. The van der Waals surface area contributed by atoms with Crippen molar-refractivity contribution in [1.82, 2.24) is 4.98 Å². The molecule has 122 valence electrons. The first-order chi connectivity index (χ1) is 11.1. The van der Waals surface area contributed by atoms with Gasteiger partial charge in [-0.25, -0.2) is 9.98 Å². The third-order valence-electron chi connectivity index (χ3n) is 3.83. The summed E-state index contributed by atoms with van der Waals surface area (Å²) < 4.78 is 5.20. The number of methoxy groups -OCH3 is 1. The molecule has 5 nitrogen and oxygen atoms in total. The van der Waals surface area contributed by atoms with Crippen molar-refractivity contribution in [3.63, 3.8) is 0 Å². The van der Waals surface area contributed by atoms with Gasteiger partial charge in [-0.1, -0.05) is 32.0 Å². The number of benzene rings is 1. The summed E-state index contributed by atoms with van der Waals surface area (Å²) in [6.45, 7) is 4.83. The van der Waals surface area contributed by atoms with E-state index in [-0.39, 0.29) is 0 Å². The molecule has 1 atom stereocenters. The molecule has 1 aromatic carbocycles. The van der Waals surface area contributed by atoms with Gasteiger partial charge in [-0.15, -0.1) is 0 Å². The number of ether oxygens (including phenoxy) is 1. The van der Waals surface area contributed by atoms with Gasteiger partial charge in [0.25, 0.3) is 0 Å². The van der Waals surface area contributed by atoms with E-state index in [1.165, 1.54) is 5.56 Å². The van der Waals surface area contributed by atoms with Crippen LogP contribution in [0.1, 0.15) is 37.3 Å². The number of nitrogens with zero attached hydrogens (tertiary/aromatic N) is 2. The van der Waals surface area contributed by atoms with Crippen LogP contribution in [-0.4, -0.2) is 18.1 Å². The lowest BCUT2D eigenvalue weighted by Crippen LogP contribution is -2.22. The molecule has 1 unspecified atom stereocenters. The molecule has 2 aromatic rings. The van der Waals surface area contributed by atoms with Crippen molar-refractivity contribution < 1.29 is 4.74 Å². The molecule has 0 fully saturated rings. The third-order valence-corrected chi connectivity index (χ3v) is 3.83. The summed E-state index contributed by atoms with van der Waals surface area (Å²) in [6.07, 6.45) is 2.82. The van der Waals surface area contributed by atoms with E-state index in [4.69, 9.17) is 10.5 Å². The van der Waals surface area contributed by atoms with Gasteiger partial charge in [0.05, 0.1) is 13.7 Å². The SMILES string of the molecule is CCC(C)c1ccc(NC(N)=NCc2cccnc2OC)cc1. The van der Waals surface area contributed by atoms with Crippen LogP contribution in [0.25, 0.3) is 0 Å². The molecule has 0 bridgehead atoms. The fraction of sp³-hybridized carbons (Fsp3) is 0.333. The molecule has 0 amide bonds. The standard InChI is InChI=1S/C18H24N4O/c1-4-13(2)14-7-9-16(10-8-14)22-18(19)21-12-15-6-5-11-20-17(15)23-3/h5-11,13H,4,12H2,1-3H3,(H3,19,21,22). The summed E-state index contributed by atoms with van der Waals surface area (Å²) in [6, 6.07) is 12.1. The first kappa shape index (κ1) is 16.8. The number of nitrogens with two attached hydrogens (primary N) is 1. The highest BCUT2D eigenvalue weighted by atomic mass is 16.5. The van der Waals surface area contributed by atoms with E-state index in [0.717, 1.165) is 17.7 Å². The molecule has 0 radical (unpaired) electrons. The van der Waals surface area contributed by atoms with Gasteiger partial charge < -0.3 is 15.8 Å². The maximum atomic E-state index is 5.95. The number of hydrogen-bond donors (Lipinski definition) is 2. The van der Waals surface area contributed by atoms with Crippen LogP contribution in [0.2, 0.25) is 0 Å². The van der Waals surface area contributed by atoms with Gasteiger partial charge in [0, 0.05) is 17.4 Å². The molecule has 0 spiro atoms. The number of hydrogen-bond acceptors (Lipinski definition) is 3. The van der Waals surface area contributed by atoms with Crippen LogP contribution >= 0.6 is 0 Å². The molecule has 0 saturated heterocycles. The Labute approximate surface area is 137 Å². The molecule has 5 heteroatoms. The molecule has 0 aliphatic carbocycles. The normalized spacial score (nSPS) is 12.7. The van der Waals surface area contributed by atoms with E-state index in [1.54, 1.807) is 13.3 Å². The van der Waals surface area contributed by atoms with Crippen LogP contribution in [0.5, 0.6) is 5.88 Å². The fourth-order valence-electron chi connectivity index (χ4n) is 2.22. The van der Waals surface area contributed by atoms with E-state index in [2.05, 4.69) is 41.3 Å². The molecule has 23 heavy (non-hydrogen) atoms. The van der Waals surface area contributed by atoms with Gasteiger partial charge >= 0.3 is 0 Å². The molecule has 0 aliphatic rings. The minimum atomic E-state index is 0.368. The smallest absolute Gasteiger partial charge is 0.218 e. The van der Waals surface area contributed by atoms with Crippen molar-refractivity contribution in [3.8, 4) is 5.88 Å². The zero-order chi connectivity index (χ0) is 16.7. The molecular formula is C18H24N4O. The van der Waals surface area contributed by atoms with Gasteiger partial charge in [0.1, 0.15) is 0 Å². The van der Waals surface area contributed by atoms with Crippen LogP contribution in [0.15, 0.2) is 47.6 Å². The van der Waals surface area contributed by atoms with Crippen molar-refractivity contribution in [2.24, 2.45) is 10.7 Å². The van der Waals surface area contributed by atoms with Gasteiger partial charge in [-0.3, -0.25) is 0 Å². The molecule has 0 saturated carbocycles. The topological polar surface area (TPSA) is 72.5 Å². The van der Waals surface area contributed by atoms with Crippen molar-refractivity contribution in [2.75, 3.05) is 12.4 Å². The van der Waals surface area contributed by atoms with E-state index < -0.39 is 0 Å². The van der Waals surface area contributed by atoms with Crippen molar-refractivity contribution in [1.29, 1.82) is 0 Å². The Bertz CT molecular complexity index is 652. The highest BCUT2D eigenvalue weighted by molar-refractivity contribution is 5.92. The number of rotatable bonds is 6. The predicted octanol–water partition coefficient (Wildman–Crippen LogP) is 3.53. The lowest BCUT2D eigenvalue weighted by molar-refractivity contribution is 0.392. The first-order valence-electron chi connectivity index (χ1n) is 7.78. The highest BCUT2D eigenvalue weighted by Crippen LogP contribution is 2.20. The van der Waals surface area contributed by atoms with Crippen LogP contribution < -0.4 is 15.8 Å². The highest BCUT2D eigenvalue weighted by Gasteiger charge is 2.04. The molecule has 2 rings (SSSR count). The average molecular weight is 312 g/mol. The van der Waals surface area contributed by atoms with Crippen LogP contribution in [-0.2, 0) is 6.54 Å². The Morgan fingerprint density at radius 3 is 2.70 bits per heavy atom. The summed E-state index contributed by atoms with van der Waals surface area (Å²) in [5.41, 5.74) is 9.10. The number of aromatic nitrogens is 1. The largest absolute Gasteiger partial charge is 0.481 e. The molecule has 0 aliphatic heterocycles. The van der Waals surface area contributed by atoms with Crippen LogP contribution in [0, 0.1) is 0 Å². The van der Waals surface area contributed by atoms with Gasteiger partial charge in [-0.2, -0.15) is 0 Å². The maximum absolute atomic E-state index is 5.95. The van der Waals surface area contributed by atoms with E-state index >= 15 is 0 Å². The number of guanidine groups is 1. The second-order valence-corrected chi connectivity index (χ2v) is 5.43. The second-order valence-electron chi connectivity index (χ2n) is 5.43. The molecule has 1 aromatic heterocycles. The first-order valence-corrected chi connectivity index (χ1v) is 7.78. The number of aliphatic imine (C=N–C) groups is 1. The number of nitrogens with one attached hydrogen (secondary N) is 1. The number of anilines is 1. The molecule has 1 heterocycles. The van der Waals surface area contributed by atoms with E-state index in [9.17, 15) is 0 Å². The Balaban J connectivity index is 1.99. The van der Waals surface area contributed by atoms with E-state index in [1.807, 2.05) is 24.3 Å². The summed E-state index contributed by atoms with van der Waals surface area (Å²) in [5, 5.41) is 3.10. The Morgan fingerprint density at radius 2 is 2.04 bits per heavy atom. The van der Waals surface area contributed by atoms with Crippen molar-refractivity contribution in [2.45, 2.75) is 32.7 Å². The average Bonchev–Trinajstić information content (AvgIpc) is 2.60. The second kappa shape index (κ2) is 8.17.